The van der Waals surface area contributed by atoms with Gasteiger partial charge < -0.3 is 16.6 Å². The highest BCUT2D eigenvalue weighted by Gasteiger charge is 1.92. The second-order valence-electron chi connectivity index (χ2n) is 4.38. The largest absolute Gasteiger partial charge is 0.481 e. The van der Waals surface area contributed by atoms with Crippen molar-refractivity contribution in [3.8, 4) is 0 Å². The Morgan fingerprint density at radius 3 is 1.57 bits per heavy atom. The van der Waals surface area contributed by atoms with Gasteiger partial charge in [-0.3, -0.25) is 14.4 Å². The number of nitrogens with two attached hydrogens (primary N) is 2. The number of amides is 2. The standard InChI is InChI=1S/C6H13NO.C6H12O2.C3H5NO/c2*1-2-3-4-5-6(7)8;1-2-3(4)5/h2-5H2,1H3,(H2,7,8);2-5H2,1H3,(H,7,8);2H,1H2,(H2,4,5). The summed E-state index contributed by atoms with van der Waals surface area (Å²) in [6, 6.07) is 0. The third-order valence-electron chi connectivity index (χ3n) is 2.22. The summed E-state index contributed by atoms with van der Waals surface area (Å²) in [7, 11) is 0. The molecule has 5 N–H and O–H groups in total. The minimum atomic E-state index is -0.682. The molecule has 0 spiro atoms. The Kier molecular flexibility index (Phi) is 23.6. The fourth-order valence-corrected chi connectivity index (χ4v) is 1.08. The number of hydrogen-bond acceptors (Lipinski definition) is 3. The van der Waals surface area contributed by atoms with Gasteiger partial charge >= 0.3 is 5.97 Å². The van der Waals surface area contributed by atoms with Gasteiger partial charge in [-0.05, 0) is 18.9 Å². The number of carboxylic acid groups (broad SMARTS) is 1. The molecule has 0 radical (unpaired) electrons. The molecule has 0 aromatic rings. The lowest BCUT2D eigenvalue weighted by Crippen LogP contribution is -2.09. The van der Waals surface area contributed by atoms with Crippen LogP contribution in [0.2, 0.25) is 0 Å². The number of unbranched alkanes of at least 4 members (excludes halogenated alkanes) is 4. The summed E-state index contributed by atoms with van der Waals surface area (Å²) < 4.78 is 0. The summed E-state index contributed by atoms with van der Waals surface area (Å²) in [5, 5.41) is 8.14. The first kappa shape index (κ1) is 24.2. The van der Waals surface area contributed by atoms with E-state index in [-0.39, 0.29) is 5.91 Å². The molecule has 0 fully saturated rings. The minimum absolute atomic E-state index is 0.182. The molecule has 6 nitrogen and oxygen atoms in total. The monoisotopic (exact) mass is 302 g/mol. The molecule has 0 unspecified atom stereocenters. The summed E-state index contributed by atoms with van der Waals surface area (Å²) >= 11 is 0. The number of carbonyl (C=O) groups is 3. The van der Waals surface area contributed by atoms with Crippen molar-refractivity contribution in [2.45, 2.75) is 65.2 Å². The van der Waals surface area contributed by atoms with Gasteiger partial charge in [0, 0.05) is 12.8 Å². The van der Waals surface area contributed by atoms with Crippen molar-refractivity contribution in [2.75, 3.05) is 0 Å². The second kappa shape index (κ2) is 20.5. The first-order valence-electron chi connectivity index (χ1n) is 7.23. The lowest BCUT2D eigenvalue weighted by molar-refractivity contribution is -0.137. The zero-order chi connectivity index (χ0) is 17.1. The lowest BCUT2D eigenvalue weighted by Gasteiger charge is -1.90. The van der Waals surface area contributed by atoms with Gasteiger partial charge in [0.15, 0.2) is 0 Å². The van der Waals surface area contributed by atoms with Gasteiger partial charge in [-0.25, -0.2) is 0 Å². The average Bonchev–Trinajstić information content (AvgIpc) is 2.40. The Labute approximate surface area is 127 Å². The van der Waals surface area contributed by atoms with E-state index in [2.05, 4.69) is 26.2 Å². The molecule has 0 aliphatic heterocycles. The average molecular weight is 302 g/mol. The predicted molar refractivity (Wildman–Crippen MR) is 84.5 cm³/mol. The third-order valence-corrected chi connectivity index (χ3v) is 2.22. The minimum Gasteiger partial charge on any atom is -0.481 e. The molecule has 0 rings (SSSR count). The number of carboxylic acids is 1. The van der Waals surface area contributed by atoms with Crippen molar-refractivity contribution in [3.05, 3.63) is 12.7 Å². The molecule has 0 saturated heterocycles. The van der Waals surface area contributed by atoms with Crippen LogP contribution in [0.3, 0.4) is 0 Å². The van der Waals surface area contributed by atoms with Crippen LogP contribution in [-0.2, 0) is 14.4 Å². The van der Waals surface area contributed by atoms with Gasteiger partial charge in [-0.1, -0.05) is 46.1 Å². The molecule has 0 aliphatic rings. The van der Waals surface area contributed by atoms with Crippen LogP contribution in [0, 0.1) is 0 Å². The highest BCUT2D eigenvalue weighted by Crippen LogP contribution is 1.97. The van der Waals surface area contributed by atoms with E-state index in [1.165, 1.54) is 0 Å². The highest BCUT2D eigenvalue weighted by molar-refractivity contribution is 5.84. The molecule has 0 atom stereocenters. The van der Waals surface area contributed by atoms with Gasteiger partial charge in [0.2, 0.25) is 11.8 Å². The highest BCUT2D eigenvalue weighted by atomic mass is 16.4. The van der Waals surface area contributed by atoms with Crippen LogP contribution in [0.15, 0.2) is 12.7 Å². The van der Waals surface area contributed by atoms with E-state index < -0.39 is 11.9 Å². The Bertz CT molecular complexity index is 271. The zero-order valence-electron chi connectivity index (χ0n) is 13.3. The van der Waals surface area contributed by atoms with Gasteiger partial charge in [-0.2, -0.15) is 0 Å². The second-order valence-corrected chi connectivity index (χ2v) is 4.38. The molecule has 21 heavy (non-hydrogen) atoms. The summed E-state index contributed by atoms with van der Waals surface area (Å²) in [5.74, 6) is -1.35. The molecule has 2 amide bonds. The summed E-state index contributed by atoms with van der Waals surface area (Å²) in [6.07, 6.45) is 8.09. The Morgan fingerprint density at radius 1 is 0.952 bits per heavy atom. The van der Waals surface area contributed by atoms with Crippen molar-refractivity contribution in [3.63, 3.8) is 0 Å². The number of aliphatic carboxylic acids is 1. The fraction of sp³-hybridized carbons (Fsp3) is 0.667. The Hall–Kier alpha value is -1.85. The van der Waals surface area contributed by atoms with E-state index >= 15 is 0 Å². The molecule has 0 heterocycles. The molecule has 0 aromatic heterocycles. The molecule has 124 valence electrons. The first-order chi connectivity index (χ1) is 9.81. The van der Waals surface area contributed by atoms with Crippen LogP contribution in [-0.4, -0.2) is 22.9 Å². The molecular formula is C15H30N2O4. The Morgan fingerprint density at radius 2 is 1.33 bits per heavy atom. The van der Waals surface area contributed by atoms with Gasteiger partial charge in [0.25, 0.3) is 0 Å². The topological polar surface area (TPSA) is 123 Å². The third kappa shape index (κ3) is 46.0. The van der Waals surface area contributed by atoms with Crippen LogP contribution in [0.25, 0.3) is 0 Å². The summed E-state index contributed by atoms with van der Waals surface area (Å²) in [5.41, 5.74) is 9.43. The van der Waals surface area contributed by atoms with Crippen LogP contribution < -0.4 is 11.5 Å². The van der Waals surface area contributed by atoms with Gasteiger partial charge in [0.1, 0.15) is 0 Å². The van der Waals surface area contributed by atoms with Gasteiger partial charge in [0.05, 0.1) is 0 Å². The quantitative estimate of drug-likeness (QED) is 0.446. The van der Waals surface area contributed by atoms with Crippen LogP contribution >= 0.6 is 0 Å². The van der Waals surface area contributed by atoms with Crippen molar-refractivity contribution in [2.24, 2.45) is 11.5 Å². The van der Waals surface area contributed by atoms with E-state index in [0.717, 1.165) is 44.6 Å². The maximum Gasteiger partial charge on any atom is 0.303 e. The molecule has 0 aromatic carbocycles. The van der Waals surface area contributed by atoms with Crippen molar-refractivity contribution >= 4 is 17.8 Å². The first-order valence-corrected chi connectivity index (χ1v) is 7.23. The summed E-state index contributed by atoms with van der Waals surface area (Å²) in [4.78, 5) is 29.4. The van der Waals surface area contributed by atoms with E-state index in [0.29, 0.717) is 12.8 Å². The number of carbonyl (C=O) groups excluding carboxylic acids is 2. The molecular weight excluding hydrogens is 272 g/mol. The van der Waals surface area contributed by atoms with Crippen molar-refractivity contribution in [1.82, 2.24) is 0 Å². The van der Waals surface area contributed by atoms with Crippen LogP contribution in [0.5, 0.6) is 0 Å². The molecule has 6 heteroatoms. The van der Waals surface area contributed by atoms with Crippen molar-refractivity contribution in [1.29, 1.82) is 0 Å². The maximum atomic E-state index is 10.1. The fourth-order valence-electron chi connectivity index (χ4n) is 1.08. The van der Waals surface area contributed by atoms with Crippen molar-refractivity contribution < 1.29 is 19.5 Å². The van der Waals surface area contributed by atoms with E-state index in [9.17, 15) is 14.4 Å². The SMILES string of the molecule is C=CC(N)=O.CCCCCC(=O)O.CCCCCC(N)=O. The van der Waals surface area contributed by atoms with E-state index in [4.69, 9.17) is 10.8 Å². The molecule has 0 aliphatic carbocycles. The van der Waals surface area contributed by atoms with E-state index in [1.54, 1.807) is 0 Å². The van der Waals surface area contributed by atoms with Crippen LogP contribution in [0.1, 0.15) is 65.2 Å². The maximum absolute atomic E-state index is 10.1. The molecule has 0 bridgehead atoms. The summed E-state index contributed by atoms with van der Waals surface area (Å²) in [6.45, 7) is 7.24. The van der Waals surface area contributed by atoms with Gasteiger partial charge in [-0.15, -0.1) is 0 Å². The predicted octanol–water partition coefficient (Wildman–Crippen LogP) is 2.36. The number of hydrogen-bond donors (Lipinski definition) is 3. The lowest BCUT2D eigenvalue weighted by atomic mass is 10.2. The smallest absolute Gasteiger partial charge is 0.303 e. The van der Waals surface area contributed by atoms with E-state index in [1.807, 2.05) is 0 Å². The normalized spacial score (nSPS) is 8.48. The Balaban J connectivity index is -0.000000239. The number of primary amides is 2. The number of rotatable bonds is 9. The molecule has 0 saturated carbocycles. The zero-order valence-corrected chi connectivity index (χ0v) is 13.3. The van der Waals surface area contributed by atoms with Crippen LogP contribution in [0.4, 0.5) is 0 Å².